The van der Waals surface area contributed by atoms with Crippen LogP contribution in [0.4, 0.5) is 4.39 Å². The van der Waals surface area contributed by atoms with E-state index in [4.69, 9.17) is 10.5 Å². The fourth-order valence-electron chi connectivity index (χ4n) is 2.60. The molecular weight excluding hydrogens is 257 g/mol. The number of aromatic nitrogens is 2. The first-order valence-corrected chi connectivity index (χ1v) is 6.82. The molecule has 1 aliphatic rings. The number of nitrogens with two attached hydrogens (primary N) is 1. The lowest BCUT2D eigenvalue weighted by atomic mass is 9.97. The molecule has 3 rings (SSSR count). The summed E-state index contributed by atoms with van der Waals surface area (Å²) in [5, 5.41) is 0. The smallest absolute Gasteiger partial charge is 0.123 e. The Morgan fingerprint density at radius 3 is 2.90 bits per heavy atom. The van der Waals surface area contributed by atoms with Gasteiger partial charge in [-0.05, 0) is 24.1 Å². The second-order valence-corrected chi connectivity index (χ2v) is 5.22. The molecule has 2 heterocycles. The zero-order valence-electron chi connectivity index (χ0n) is 11.2. The number of imidazole rings is 1. The quantitative estimate of drug-likeness (QED) is 0.929. The van der Waals surface area contributed by atoms with E-state index in [1.165, 1.54) is 12.1 Å². The lowest BCUT2D eigenvalue weighted by Gasteiger charge is -2.19. The van der Waals surface area contributed by atoms with E-state index < -0.39 is 0 Å². The van der Waals surface area contributed by atoms with Crippen molar-refractivity contribution in [2.75, 3.05) is 13.2 Å². The highest BCUT2D eigenvalue weighted by Gasteiger charge is 2.26. The minimum atomic E-state index is -0.223. The van der Waals surface area contributed by atoms with Gasteiger partial charge in [-0.2, -0.15) is 0 Å². The van der Waals surface area contributed by atoms with Crippen LogP contribution in [0.3, 0.4) is 0 Å². The summed E-state index contributed by atoms with van der Waals surface area (Å²) < 4.78 is 20.3. The van der Waals surface area contributed by atoms with E-state index in [0.717, 1.165) is 24.3 Å². The molecule has 5 heteroatoms. The van der Waals surface area contributed by atoms with Gasteiger partial charge in [0.25, 0.3) is 0 Å². The second-order valence-electron chi connectivity index (χ2n) is 5.22. The molecule has 2 aromatic rings. The largest absolute Gasteiger partial charge is 0.381 e. The Hall–Kier alpha value is -1.72. The fraction of sp³-hybridized carbons (Fsp3) is 0.400. The van der Waals surface area contributed by atoms with E-state index in [0.29, 0.717) is 19.1 Å². The molecule has 2 N–H and O–H groups in total. The molecular formula is C15H18FN3O. The highest BCUT2D eigenvalue weighted by molar-refractivity contribution is 5.18. The molecule has 0 saturated carbocycles. The number of hydrogen-bond acceptors (Lipinski definition) is 3. The van der Waals surface area contributed by atoms with Gasteiger partial charge in [-0.1, -0.05) is 12.1 Å². The highest BCUT2D eigenvalue weighted by Crippen LogP contribution is 2.26. The topological polar surface area (TPSA) is 53.1 Å². The zero-order valence-corrected chi connectivity index (χ0v) is 11.2. The molecule has 4 nitrogen and oxygen atoms in total. The number of hydrogen-bond donors (Lipinski definition) is 1. The van der Waals surface area contributed by atoms with Gasteiger partial charge < -0.3 is 15.0 Å². The van der Waals surface area contributed by atoms with Gasteiger partial charge in [-0.15, -0.1) is 0 Å². The Balaban J connectivity index is 1.77. The van der Waals surface area contributed by atoms with Crippen LogP contribution in [0, 0.1) is 11.7 Å². The van der Waals surface area contributed by atoms with Gasteiger partial charge in [0.2, 0.25) is 0 Å². The van der Waals surface area contributed by atoms with Gasteiger partial charge in [0.1, 0.15) is 5.82 Å². The molecule has 2 unspecified atom stereocenters. The van der Waals surface area contributed by atoms with Gasteiger partial charge in [-0.3, -0.25) is 0 Å². The van der Waals surface area contributed by atoms with Crippen molar-refractivity contribution < 1.29 is 9.13 Å². The third-order valence-corrected chi connectivity index (χ3v) is 3.82. The summed E-state index contributed by atoms with van der Waals surface area (Å²) in [6.07, 6.45) is 4.57. The molecule has 1 fully saturated rings. The zero-order chi connectivity index (χ0) is 13.9. The highest BCUT2D eigenvalue weighted by atomic mass is 19.1. The predicted octanol–water partition coefficient (Wildman–Crippen LogP) is 2.11. The van der Waals surface area contributed by atoms with E-state index in [2.05, 4.69) is 4.98 Å². The van der Waals surface area contributed by atoms with Crippen molar-refractivity contribution >= 4 is 0 Å². The Kier molecular flexibility index (Phi) is 3.80. The van der Waals surface area contributed by atoms with Crippen molar-refractivity contribution in [1.82, 2.24) is 9.55 Å². The molecule has 0 amide bonds. The summed E-state index contributed by atoms with van der Waals surface area (Å²) in [4.78, 5) is 4.20. The van der Waals surface area contributed by atoms with Crippen molar-refractivity contribution in [3.63, 3.8) is 0 Å². The number of benzene rings is 1. The van der Waals surface area contributed by atoms with E-state index in [1.807, 2.05) is 10.8 Å². The normalized spacial score (nSPS) is 20.2. The van der Waals surface area contributed by atoms with Crippen LogP contribution >= 0.6 is 0 Å². The first-order chi connectivity index (χ1) is 9.74. The molecule has 0 radical (unpaired) electrons. The van der Waals surface area contributed by atoms with Crippen molar-refractivity contribution in [1.29, 1.82) is 0 Å². The van der Waals surface area contributed by atoms with Gasteiger partial charge >= 0.3 is 0 Å². The van der Waals surface area contributed by atoms with E-state index in [-0.39, 0.29) is 11.9 Å². The molecule has 1 aliphatic heterocycles. The first kappa shape index (κ1) is 13.3. The van der Waals surface area contributed by atoms with E-state index >= 15 is 0 Å². The molecule has 20 heavy (non-hydrogen) atoms. The maximum absolute atomic E-state index is 12.9. The Bertz CT molecular complexity index is 561. The Morgan fingerprint density at radius 2 is 2.20 bits per heavy atom. The van der Waals surface area contributed by atoms with Crippen LogP contribution in [0.25, 0.3) is 0 Å². The van der Waals surface area contributed by atoms with Crippen LogP contribution in [-0.2, 0) is 11.3 Å². The second kappa shape index (κ2) is 5.73. The van der Waals surface area contributed by atoms with Gasteiger partial charge in [-0.25, -0.2) is 9.37 Å². The fourth-order valence-corrected chi connectivity index (χ4v) is 2.60. The molecule has 0 bridgehead atoms. The lowest BCUT2D eigenvalue weighted by Crippen LogP contribution is -2.24. The van der Waals surface area contributed by atoms with Crippen molar-refractivity contribution in [2.45, 2.75) is 19.0 Å². The number of halogens is 1. The summed E-state index contributed by atoms with van der Waals surface area (Å²) in [6.45, 7) is 2.14. The van der Waals surface area contributed by atoms with Crippen LogP contribution < -0.4 is 5.73 Å². The molecule has 1 aromatic carbocycles. The summed E-state index contributed by atoms with van der Waals surface area (Å²) in [7, 11) is 0. The van der Waals surface area contributed by atoms with E-state index in [9.17, 15) is 4.39 Å². The minimum absolute atomic E-state index is 0.0690. The predicted molar refractivity (Wildman–Crippen MR) is 73.6 cm³/mol. The van der Waals surface area contributed by atoms with Gasteiger partial charge in [0, 0.05) is 25.3 Å². The average molecular weight is 275 g/mol. The average Bonchev–Trinajstić information content (AvgIpc) is 3.12. The third-order valence-electron chi connectivity index (χ3n) is 3.82. The number of nitrogens with zero attached hydrogens (tertiary/aromatic N) is 2. The van der Waals surface area contributed by atoms with Crippen molar-refractivity contribution in [3.8, 4) is 0 Å². The maximum Gasteiger partial charge on any atom is 0.123 e. The van der Waals surface area contributed by atoms with Crippen LogP contribution in [0.5, 0.6) is 0 Å². The molecule has 1 aromatic heterocycles. The van der Waals surface area contributed by atoms with Crippen LogP contribution in [0.2, 0.25) is 0 Å². The third kappa shape index (κ3) is 2.73. The summed E-state index contributed by atoms with van der Waals surface area (Å²) in [5.74, 6) is 0.123. The first-order valence-electron chi connectivity index (χ1n) is 6.82. The Labute approximate surface area is 117 Å². The van der Waals surface area contributed by atoms with Gasteiger partial charge in [0.15, 0.2) is 0 Å². The Morgan fingerprint density at radius 1 is 1.40 bits per heavy atom. The number of rotatable bonds is 4. The van der Waals surface area contributed by atoms with Gasteiger partial charge in [0.05, 0.1) is 24.7 Å². The van der Waals surface area contributed by atoms with Crippen molar-refractivity contribution in [2.24, 2.45) is 11.7 Å². The minimum Gasteiger partial charge on any atom is -0.381 e. The van der Waals surface area contributed by atoms with Crippen LogP contribution in [0.15, 0.2) is 36.8 Å². The number of ether oxygens (including phenoxy) is 1. The molecule has 1 saturated heterocycles. The molecule has 0 spiro atoms. The summed E-state index contributed by atoms with van der Waals surface area (Å²) in [6, 6.07) is 6.43. The van der Waals surface area contributed by atoms with Crippen molar-refractivity contribution in [3.05, 3.63) is 53.9 Å². The molecule has 2 atom stereocenters. The standard InChI is InChI=1S/C15H18FN3O/c16-13-3-1-11(2-4-13)8-19-10-18-7-14(19)15(17)12-5-6-20-9-12/h1-4,7,10,12,15H,5-6,8-9,17H2. The van der Waals surface area contributed by atoms with Crippen LogP contribution in [-0.4, -0.2) is 22.8 Å². The SMILES string of the molecule is NC(c1cncn1Cc1ccc(F)cc1)C1CCOC1. The summed E-state index contributed by atoms with van der Waals surface area (Å²) >= 11 is 0. The van der Waals surface area contributed by atoms with E-state index in [1.54, 1.807) is 18.5 Å². The lowest BCUT2D eigenvalue weighted by molar-refractivity contribution is 0.180. The molecule has 0 aliphatic carbocycles. The summed E-state index contributed by atoms with van der Waals surface area (Å²) in [5.41, 5.74) is 8.36. The maximum atomic E-state index is 12.9. The molecule has 106 valence electrons. The monoisotopic (exact) mass is 275 g/mol. The van der Waals surface area contributed by atoms with Crippen LogP contribution in [0.1, 0.15) is 23.7 Å².